The maximum atomic E-state index is 12.9. The van der Waals surface area contributed by atoms with Crippen molar-refractivity contribution in [1.29, 1.82) is 0 Å². The summed E-state index contributed by atoms with van der Waals surface area (Å²) in [5.41, 5.74) is 3.10. The largest absolute Gasteiger partial charge is 0.493 e. The Hall–Kier alpha value is -3.31. The Labute approximate surface area is 214 Å². The first kappa shape index (κ1) is 26.3. The normalized spacial score (nSPS) is 14.3. The number of halogens is 1. The number of hydrogen-bond donors (Lipinski definition) is 1. The van der Waals surface area contributed by atoms with Crippen LogP contribution in [0.2, 0.25) is 0 Å². The van der Waals surface area contributed by atoms with E-state index in [-0.39, 0.29) is 17.3 Å². The summed E-state index contributed by atoms with van der Waals surface area (Å²) >= 11 is 4.14. The third-order valence-corrected chi connectivity index (χ3v) is 6.42. The van der Waals surface area contributed by atoms with Gasteiger partial charge in [-0.2, -0.15) is 0 Å². The molecule has 1 aliphatic heterocycles. The number of benzene rings is 2. The minimum atomic E-state index is -0.576. The third kappa shape index (κ3) is 6.64. The van der Waals surface area contributed by atoms with E-state index in [1.807, 2.05) is 32.0 Å². The summed E-state index contributed by atoms with van der Waals surface area (Å²) in [5, 5.41) is 2.18. The SMILES string of the molecule is COC(=O)COc1cc(Br)c(/C=C2/SC(=O)N(CC(=O)Nc3cc(C)cc(C)c3)C2=O)cc1OC. The predicted octanol–water partition coefficient (Wildman–Crippen LogP) is 4.30. The van der Waals surface area contributed by atoms with E-state index in [1.54, 1.807) is 12.1 Å². The highest BCUT2D eigenvalue weighted by Gasteiger charge is 2.36. The molecule has 0 radical (unpaired) electrons. The van der Waals surface area contributed by atoms with Gasteiger partial charge < -0.3 is 19.5 Å². The van der Waals surface area contributed by atoms with E-state index in [2.05, 4.69) is 26.0 Å². The van der Waals surface area contributed by atoms with Gasteiger partial charge in [-0.3, -0.25) is 19.3 Å². The lowest BCUT2D eigenvalue weighted by molar-refractivity contribution is -0.143. The molecule has 3 amide bonds. The van der Waals surface area contributed by atoms with Crippen LogP contribution in [-0.4, -0.2) is 55.3 Å². The maximum Gasteiger partial charge on any atom is 0.343 e. The second-order valence-corrected chi connectivity index (χ2v) is 9.43. The maximum absolute atomic E-state index is 12.9. The third-order valence-electron chi connectivity index (χ3n) is 4.82. The topological polar surface area (TPSA) is 111 Å². The molecule has 184 valence electrons. The lowest BCUT2D eigenvalue weighted by Gasteiger charge is -2.13. The van der Waals surface area contributed by atoms with E-state index in [9.17, 15) is 19.2 Å². The van der Waals surface area contributed by atoms with Gasteiger partial charge in [0.25, 0.3) is 11.1 Å². The predicted molar refractivity (Wildman–Crippen MR) is 135 cm³/mol. The monoisotopic (exact) mass is 562 g/mol. The van der Waals surface area contributed by atoms with Crippen LogP contribution >= 0.6 is 27.7 Å². The Morgan fingerprint density at radius 2 is 1.74 bits per heavy atom. The Bertz CT molecular complexity index is 1210. The molecule has 11 heteroatoms. The van der Waals surface area contributed by atoms with Gasteiger partial charge in [0.1, 0.15) is 6.54 Å². The van der Waals surface area contributed by atoms with Gasteiger partial charge in [-0.05, 0) is 72.6 Å². The second kappa shape index (κ2) is 11.4. The average Bonchev–Trinajstić information content (AvgIpc) is 3.05. The van der Waals surface area contributed by atoms with Gasteiger partial charge >= 0.3 is 5.97 Å². The van der Waals surface area contributed by atoms with Crippen LogP contribution in [0.3, 0.4) is 0 Å². The van der Waals surface area contributed by atoms with Crippen LogP contribution in [0.1, 0.15) is 16.7 Å². The molecule has 3 rings (SSSR count). The molecule has 2 aromatic rings. The lowest BCUT2D eigenvalue weighted by atomic mass is 10.1. The number of esters is 1. The number of methoxy groups -OCH3 is 2. The highest BCUT2D eigenvalue weighted by atomic mass is 79.9. The van der Waals surface area contributed by atoms with E-state index in [1.165, 1.54) is 20.3 Å². The number of ether oxygens (including phenoxy) is 3. The van der Waals surface area contributed by atoms with Crippen LogP contribution in [0.15, 0.2) is 39.7 Å². The molecule has 1 N–H and O–H groups in total. The molecule has 9 nitrogen and oxygen atoms in total. The number of nitrogens with zero attached hydrogens (tertiary/aromatic N) is 1. The van der Waals surface area contributed by atoms with Crippen LogP contribution in [0.5, 0.6) is 11.5 Å². The number of amides is 3. The van der Waals surface area contributed by atoms with Gasteiger partial charge in [0, 0.05) is 10.2 Å². The van der Waals surface area contributed by atoms with Crippen molar-refractivity contribution in [2.45, 2.75) is 13.8 Å². The van der Waals surface area contributed by atoms with Gasteiger partial charge in [0.2, 0.25) is 5.91 Å². The van der Waals surface area contributed by atoms with Crippen LogP contribution in [-0.2, 0) is 19.1 Å². The standard InChI is InChI=1S/C24H23BrN2O7S/c1-13-5-14(2)7-16(6-13)26-21(28)11-27-23(30)20(35-24(27)31)9-15-8-18(32-3)19(10-17(15)25)34-12-22(29)33-4/h5-10H,11-12H2,1-4H3,(H,26,28)/b20-9+. The van der Waals surface area contributed by atoms with Crippen molar-refractivity contribution >= 4 is 62.5 Å². The molecule has 1 aliphatic rings. The molecule has 2 aromatic carbocycles. The highest BCUT2D eigenvalue weighted by molar-refractivity contribution is 9.10. The Morgan fingerprint density at radius 1 is 1.06 bits per heavy atom. The minimum absolute atomic E-state index is 0.153. The molecular formula is C24H23BrN2O7S. The van der Waals surface area contributed by atoms with E-state index >= 15 is 0 Å². The molecule has 1 fully saturated rings. The van der Waals surface area contributed by atoms with E-state index in [0.29, 0.717) is 21.5 Å². The van der Waals surface area contributed by atoms with Crippen molar-refractivity contribution in [3.63, 3.8) is 0 Å². The van der Waals surface area contributed by atoms with E-state index in [0.717, 1.165) is 27.8 Å². The second-order valence-electron chi connectivity index (χ2n) is 7.58. The molecule has 35 heavy (non-hydrogen) atoms. The number of rotatable bonds is 8. The number of thioether (sulfide) groups is 1. The van der Waals surface area contributed by atoms with Crippen molar-refractivity contribution in [2.24, 2.45) is 0 Å². The van der Waals surface area contributed by atoms with Crippen molar-refractivity contribution in [3.05, 3.63) is 56.4 Å². The summed E-state index contributed by atoms with van der Waals surface area (Å²) in [6.45, 7) is 3.12. The number of aryl methyl sites for hydroxylation is 2. The zero-order valence-corrected chi connectivity index (χ0v) is 21.9. The fourth-order valence-electron chi connectivity index (χ4n) is 3.30. The van der Waals surface area contributed by atoms with Gasteiger partial charge in [-0.1, -0.05) is 22.0 Å². The fourth-order valence-corrected chi connectivity index (χ4v) is 4.56. The minimum Gasteiger partial charge on any atom is -0.493 e. The molecule has 1 heterocycles. The van der Waals surface area contributed by atoms with Crippen molar-refractivity contribution in [1.82, 2.24) is 4.90 Å². The van der Waals surface area contributed by atoms with Crippen LogP contribution in [0.4, 0.5) is 10.5 Å². The molecule has 0 aliphatic carbocycles. The zero-order chi connectivity index (χ0) is 25.7. The molecule has 0 spiro atoms. The molecule has 0 unspecified atom stereocenters. The summed E-state index contributed by atoms with van der Waals surface area (Å²) in [4.78, 5) is 50.2. The molecule has 0 bridgehead atoms. The molecular weight excluding hydrogens is 540 g/mol. The number of imide groups is 1. The summed E-state index contributed by atoms with van der Waals surface area (Å²) in [6.07, 6.45) is 1.52. The van der Waals surface area contributed by atoms with Crippen LogP contribution < -0.4 is 14.8 Å². The number of carbonyl (C=O) groups excluding carboxylic acids is 4. The molecule has 0 aromatic heterocycles. The number of anilines is 1. The van der Waals surface area contributed by atoms with Crippen molar-refractivity contribution < 1.29 is 33.4 Å². The smallest absolute Gasteiger partial charge is 0.343 e. The average molecular weight is 563 g/mol. The van der Waals surface area contributed by atoms with Gasteiger partial charge in [0.05, 0.1) is 19.1 Å². The fraction of sp³-hybridized carbons (Fsp3) is 0.250. The first-order chi connectivity index (χ1) is 16.6. The van der Waals surface area contributed by atoms with E-state index < -0.39 is 29.6 Å². The quantitative estimate of drug-likeness (QED) is 0.374. The van der Waals surface area contributed by atoms with Crippen LogP contribution in [0, 0.1) is 13.8 Å². The first-order valence-electron chi connectivity index (χ1n) is 10.3. The Kier molecular flexibility index (Phi) is 8.57. The zero-order valence-electron chi connectivity index (χ0n) is 19.5. The van der Waals surface area contributed by atoms with Gasteiger partial charge in [0.15, 0.2) is 18.1 Å². The molecule has 1 saturated heterocycles. The Balaban J connectivity index is 1.75. The summed E-state index contributed by atoms with van der Waals surface area (Å²) in [6, 6.07) is 8.76. The Morgan fingerprint density at radius 3 is 2.37 bits per heavy atom. The van der Waals surface area contributed by atoms with E-state index in [4.69, 9.17) is 9.47 Å². The first-order valence-corrected chi connectivity index (χ1v) is 11.9. The molecule has 0 saturated carbocycles. The van der Waals surface area contributed by atoms with Crippen LogP contribution in [0.25, 0.3) is 6.08 Å². The number of nitrogens with one attached hydrogen (secondary N) is 1. The highest BCUT2D eigenvalue weighted by Crippen LogP contribution is 2.38. The van der Waals surface area contributed by atoms with Crippen molar-refractivity contribution in [2.75, 3.05) is 32.7 Å². The number of hydrogen-bond acceptors (Lipinski definition) is 8. The summed E-state index contributed by atoms with van der Waals surface area (Å²) in [5.74, 6) is -1.00. The van der Waals surface area contributed by atoms with Gasteiger partial charge in [-0.15, -0.1) is 0 Å². The van der Waals surface area contributed by atoms with Gasteiger partial charge in [-0.25, -0.2) is 4.79 Å². The summed E-state index contributed by atoms with van der Waals surface area (Å²) < 4.78 is 15.8. The lowest BCUT2D eigenvalue weighted by Crippen LogP contribution is -2.36. The summed E-state index contributed by atoms with van der Waals surface area (Å²) in [7, 11) is 2.68. The van der Waals surface area contributed by atoms with Crippen molar-refractivity contribution in [3.8, 4) is 11.5 Å². The number of carbonyl (C=O) groups is 4. The molecule has 0 atom stereocenters.